The molecule has 1 aromatic rings. The van der Waals surface area contributed by atoms with Gasteiger partial charge in [-0.15, -0.1) is 0 Å². The van der Waals surface area contributed by atoms with Crippen molar-refractivity contribution >= 4 is 21.6 Å². The van der Waals surface area contributed by atoms with E-state index in [4.69, 9.17) is 0 Å². The fraction of sp³-hybridized carbons (Fsp3) is 0.643. The monoisotopic (exact) mass is 296 g/mol. The SMILES string of the molecule is CC(C)C1CCCCC1Nc1cccnc1Br. The van der Waals surface area contributed by atoms with Crippen molar-refractivity contribution in [1.82, 2.24) is 4.98 Å². The minimum absolute atomic E-state index is 0.601. The molecule has 1 saturated carbocycles. The van der Waals surface area contributed by atoms with Crippen LogP contribution in [0.5, 0.6) is 0 Å². The summed E-state index contributed by atoms with van der Waals surface area (Å²) in [6.45, 7) is 4.67. The van der Waals surface area contributed by atoms with Crippen LogP contribution < -0.4 is 5.32 Å². The molecule has 17 heavy (non-hydrogen) atoms. The predicted molar refractivity (Wildman–Crippen MR) is 76.1 cm³/mol. The van der Waals surface area contributed by atoms with Crippen LogP contribution in [0.3, 0.4) is 0 Å². The van der Waals surface area contributed by atoms with Crippen LogP contribution in [-0.4, -0.2) is 11.0 Å². The Bertz CT molecular complexity index is 365. The van der Waals surface area contributed by atoms with E-state index in [9.17, 15) is 0 Å². The lowest BCUT2D eigenvalue weighted by Crippen LogP contribution is -2.35. The molecule has 2 atom stereocenters. The zero-order chi connectivity index (χ0) is 12.3. The first-order valence-electron chi connectivity index (χ1n) is 6.55. The van der Waals surface area contributed by atoms with Crippen LogP contribution in [-0.2, 0) is 0 Å². The summed E-state index contributed by atoms with van der Waals surface area (Å²) in [6.07, 6.45) is 7.18. The van der Waals surface area contributed by atoms with Gasteiger partial charge in [0.2, 0.25) is 0 Å². The van der Waals surface area contributed by atoms with E-state index in [1.54, 1.807) is 0 Å². The van der Waals surface area contributed by atoms with Crippen LogP contribution in [0, 0.1) is 11.8 Å². The number of anilines is 1. The molecule has 0 bridgehead atoms. The molecule has 1 fully saturated rings. The second-order valence-corrected chi connectivity index (χ2v) is 6.04. The summed E-state index contributed by atoms with van der Waals surface area (Å²) in [5.41, 5.74) is 1.13. The second kappa shape index (κ2) is 5.85. The smallest absolute Gasteiger partial charge is 0.129 e. The van der Waals surface area contributed by atoms with Crippen molar-refractivity contribution in [3.8, 4) is 0 Å². The van der Waals surface area contributed by atoms with Gasteiger partial charge in [0.25, 0.3) is 0 Å². The van der Waals surface area contributed by atoms with E-state index in [-0.39, 0.29) is 0 Å². The highest BCUT2D eigenvalue weighted by Gasteiger charge is 2.27. The van der Waals surface area contributed by atoms with Gasteiger partial charge in [0, 0.05) is 12.2 Å². The highest BCUT2D eigenvalue weighted by atomic mass is 79.9. The Balaban J connectivity index is 2.08. The lowest BCUT2D eigenvalue weighted by atomic mass is 9.78. The summed E-state index contributed by atoms with van der Waals surface area (Å²) in [4.78, 5) is 4.27. The molecule has 0 aromatic carbocycles. The van der Waals surface area contributed by atoms with Crippen molar-refractivity contribution < 1.29 is 0 Å². The normalized spacial score (nSPS) is 24.9. The maximum absolute atomic E-state index is 4.27. The second-order valence-electron chi connectivity index (χ2n) is 5.28. The molecular formula is C14H21BrN2. The molecule has 1 aliphatic carbocycles. The molecule has 1 N–H and O–H groups in total. The van der Waals surface area contributed by atoms with Crippen LogP contribution in [0.2, 0.25) is 0 Å². The molecule has 2 unspecified atom stereocenters. The highest BCUT2D eigenvalue weighted by molar-refractivity contribution is 9.10. The summed E-state index contributed by atoms with van der Waals surface area (Å²) in [5, 5.41) is 3.67. The first-order valence-corrected chi connectivity index (χ1v) is 7.35. The molecular weight excluding hydrogens is 276 g/mol. The minimum Gasteiger partial charge on any atom is -0.380 e. The number of aromatic nitrogens is 1. The third kappa shape index (κ3) is 3.21. The fourth-order valence-electron chi connectivity index (χ4n) is 2.83. The molecule has 0 aliphatic heterocycles. The van der Waals surface area contributed by atoms with Crippen molar-refractivity contribution in [1.29, 1.82) is 0 Å². The van der Waals surface area contributed by atoms with Gasteiger partial charge in [-0.05, 0) is 52.7 Å². The minimum atomic E-state index is 0.601. The summed E-state index contributed by atoms with van der Waals surface area (Å²) in [7, 11) is 0. The molecule has 0 saturated heterocycles. The number of pyridine rings is 1. The highest BCUT2D eigenvalue weighted by Crippen LogP contribution is 2.33. The van der Waals surface area contributed by atoms with E-state index in [0.29, 0.717) is 6.04 Å². The van der Waals surface area contributed by atoms with E-state index in [1.165, 1.54) is 25.7 Å². The van der Waals surface area contributed by atoms with E-state index < -0.39 is 0 Å². The fourth-order valence-corrected chi connectivity index (χ4v) is 3.19. The summed E-state index contributed by atoms with van der Waals surface area (Å²) in [5.74, 6) is 1.54. The van der Waals surface area contributed by atoms with E-state index >= 15 is 0 Å². The third-order valence-corrected chi connectivity index (χ3v) is 4.41. The van der Waals surface area contributed by atoms with Gasteiger partial charge in [-0.3, -0.25) is 0 Å². The van der Waals surface area contributed by atoms with Gasteiger partial charge < -0.3 is 5.32 Å². The van der Waals surface area contributed by atoms with Crippen LogP contribution in [0.25, 0.3) is 0 Å². The van der Waals surface area contributed by atoms with Gasteiger partial charge in [-0.1, -0.05) is 26.7 Å². The molecule has 1 heterocycles. The summed E-state index contributed by atoms with van der Waals surface area (Å²) in [6, 6.07) is 4.69. The summed E-state index contributed by atoms with van der Waals surface area (Å²) < 4.78 is 0.924. The van der Waals surface area contributed by atoms with Gasteiger partial charge in [0.1, 0.15) is 4.60 Å². The van der Waals surface area contributed by atoms with Crippen molar-refractivity contribution in [2.24, 2.45) is 11.8 Å². The van der Waals surface area contributed by atoms with Crippen molar-refractivity contribution in [3.63, 3.8) is 0 Å². The molecule has 0 spiro atoms. The molecule has 2 rings (SSSR count). The largest absolute Gasteiger partial charge is 0.380 e. The molecule has 1 aliphatic rings. The average molecular weight is 297 g/mol. The zero-order valence-electron chi connectivity index (χ0n) is 10.6. The van der Waals surface area contributed by atoms with Crippen LogP contribution in [0.1, 0.15) is 39.5 Å². The van der Waals surface area contributed by atoms with Gasteiger partial charge in [-0.2, -0.15) is 0 Å². The van der Waals surface area contributed by atoms with Gasteiger partial charge in [0.15, 0.2) is 0 Å². The number of rotatable bonds is 3. The topological polar surface area (TPSA) is 24.9 Å². The quantitative estimate of drug-likeness (QED) is 0.833. The number of hydrogen-bond donors (Lipinski definition) is 1. The standard InChI is InChI=1S/C14H21BrN2/c1-10(2)11-6-3-4-7-12(11)17-13-8-5-9-16-14(13)15/h5,8-12,17H,3-4,6-7H2,1-2H3. The number of nitrogens with zero attached hydrogens (tertiary/aromatic N) is 1. The van der Waals surface area contributed by atoms with Crippen molar-refractivity contribution in [2.45, 2.75) is 45.6 Å². The summed E-state index contributed by atoms with van der Waals surface area (Å²) >= 11 is 3.51. The first-order chi connectivity index (χ1) is 8.18. The molecule has 0 amide bonds. The van der Waals surface area contributed by atoms with E-state index in [2.05, 4.69) is 46.1 Å². The van der Waals surface area contributed by atoms with Crippen LogP contribution in [0.15, 0.2) is 22.9 Å². The Morgan fingerprint density at radius 3 is 2.82 bits per heavy atom. The van der Waals surface area contributed by atoms with Crippen LogP contribution >= 0.6 is 15.9 Å². The Morgan fingerprint density at radius 1 is 1.35 bits per heavy atom. The van der Waals surface area contributed by atoms with Gasteiger partial charge >= 0.3 is 0 Å². The maximum Gasteiger partial charge on any atom is 0.129 e. The van der Waals surface area contributed by atoms with Crippen molar-refractivity contribution in [2.75, 3.05) is 5.32 Å². The Kier molecular flexibility index (Phi) is 4.43. The number of hydrogen-bond acceptors (Lipinski definition) is 2. The average Bonchev–Trinajstić information content (AvgIpc) is 2.32. The lowest BCUT2D eigenvalue weighted by Gasteiger charge is -2.35. The Labute approximate surface area is 112 Å². The number of nitrogens with one attached hydrogen (secondary N) is 1. The molecule has 3 heteroatoms. The van der Waals surface area contributed by atoms with E-state index in [0.717, 1.165) is 22.1 Å². The molecule has 94 valence electrons. The zero-order valence-corrected chi connectivity index (χ0v) is 12.2. The Morgan fingerprint density at radius 2 is 2.12 bits per heavy atom. The molecule has 1 aromatic heterocycles. The molecule has 2 nitrogen and oxygen atoms in total. The van der Waals surface area contributed by atoms with E-state index in [1.807, 2.05) is 12.3 Å². The van der Waals surface area contributed by atoms with Gasteiger partial charge in [-0.25, -0.2) is 4.98 Å². The Hall–Kier alpha value is -0.570. The molecule has 0 radical (unpaired) electrons. The van der Waals surface area contributed by atoms with Gasteiger partial charge in [0.05, 0.1) is 5.69 Å². The third-order valence-electron chi connectivity index (χ3n) is 3.78. The first kappa shape index (κ1) is 12.9. The number of halogens is 1. The predicted octanol–water partition coefficient (Wildman–Crippen LogP) is 4.47. The van der Waals surface area contributed by atoms with Crippen LogP contribution in [0.4, 0.5) is 5.69 Å². The lowest BCUT2D eigenvalue weighted by molar-refractivity contribution is 0.253. The van der Waals surface area contributed by atoms with Crippen molar-refractivity contribution in [3.05, 3.63) is 22.9 Å². The maximum atomic E-state index is 4.27.